The fraction of sp³-hybridized carbons (Fsp3) is 0.0909. The monoisotopic (exact) mass is 870 g/mol. The van der Waals surface area contributed by atoms with Crippen molar-refractivity contribution < 1.29 is 0 Å². The number of rotatable bonds is 5. The predicted molar refractivity (Wildman–Crippen MR) is 295 cm³/mol. The summed E-state index contributed by atoms with van der Waals surface area (Å²) in [5.74, 6) is 0.667. The molecule has 0 fully saturated rings. The summed E-state index contributed by atoms with van der Waals surface area (Å²) in [7, 11) is 0. The first-order valence-electron chi connectivity index (χ1n) is 23.9. The summed E-state index contributed by atoms with van der Waals surface area (Å²) >= 11 is 1.94. The van der Waals surface area contributed by atoms with Crippen LogP contribution in [0.15, 0.2) is 194 Å². The van der Waals surface area contributed by atoms with Gasteiger partial charge in [0, 0.05) is 25.6 Å². The summed E-state index contributed by atoms with van der Waals surface area (Å²) in [6.07, 6.45) is 0. The Morgan fingerprint density at radius 2 is 0.716 bits per heavy atom. The van der Waals surface area contributed by atoms with E-state index in [-0.39, 0.29) is 0 Å². The van der Waals surface area contributed by atoms with Gasteiger partial charge in [0.05, 0.1) is 0 Å². The molecular formula is C66H46S. The molecule has 0 saturated carbocycles. The standard InChI is InChI=1S/C66H46S/c1-37(2)55-35-57(40-26-33-60-58(34-40)54-32-31-49-43-20-9-8-18-41(43)42-19-10-11-21-44(42)65(49)66(54)67-60)52-29-27-51-56(38(3)4)36-59(53-30-28-50(55)63(52)64(51)53)62-47-24-14-12-22-45(47)61(39-16-6-5-7-17-39)46-23-13-15-25-48(46)62/h5-38H,1-4H3. The van der Waals surface area contributed by atoms with E-state index in [0.717, 1.165) is 0 Å². The van der Waals surface area contributed by atoms with Gasteiger partial charge in [0.25, 0.3) is 0 Å². The van der Waals surface area contributed by atoms with Gasteiger partial charge in [-0.3, -0.25) is 0 Å². The van der Waals surface area contributed by atoms with Gasteiger partial charge >= 0.3 is 0 Å². The highest BCUT2D eigenvalue weighted by Crippen LogP contribution is 2.52. The fourth-order valence-electron chi connectivity index (χ4n) is 12.2. The molecule has 13 aromatic carbocycles. The van der Waals surface area contributed by atoms with Crippen LogP contribution in [0.25, 0.3) is 140 Å². The summed E-state index contributed by atoms with van der Waals surface area (Å²) in [6.45, 7) is 9.46. The lowest BCUT2D eigenvalue weighted by Gasteiger charge is -2.24. The summed E-state index contributed by atoms with van der Waals surface area (Å²) in [4.78, 5) is 0. The van der Waals surface area contributed by atoms with E-state index < -0.39 is 0 Å². The third-order valence-electron chi connectivity index (χ3n) is 15.1. The second-order valence-electron chi connectivity index (χ2n) is 19.4. The van der Waals surface area contributed by atoms with E-state index in [2.05, 4.69) is 222 Å². The molecule has 0 saturated heterocycles. The second kappa shape index (κ2) is 14.5. The van der Waals surface area contributed by atoms with Crippen molar-refractivity contribution in [1.29, 1.82) is 0 Å². The maximum absolute atomic E-state index is 2.54. The van der Waals surface area contributed by atoms with Crippen LogP contribution in [0.5, 0.6) is 0 Å². The Morgan fingerprint density at radius 1 is 0.284 bits per heavy atom. The molecule has 0 aliphatic carbocycles. The normalized spacial score (nSPS) is 12.4. The van der Waals surface area contributed by atoms with E-state index in [0.29, 0.717) is 11.8 Å². The van der Waals surface area contributed by atoms with Crippen LogP contribution in [-0.4, -0.2) is 0 Å². The number of thiophene rings is 1. The highest BCUT2D eigenvalue weighted by atomic mass is 32.1. The van der Waals surface area contributed by atoms with Gasteiger partial charge in [0.2, 0.25) is 0 Å². The molecule has 0 nitrogen and oxygen atoms in total. The van der Waals surface area contributed by atoms with Crippen LogP contribution < -0.4 is 0 Å². The number of hydrogen-bond acceptors (Lipinski definition) is 1. The highest BCUT2D eigenvalue weighted by molar-refractivity contribution is 7.26. The van der Waals surface area contributed by atoms with E-state index in [9.17, 15) is 0 Å². The molecule has 0 bridgehead atoms. The van der Waals surface area contributed by atoms with Gasteiger partial charge in [0.15, 0.2) is 0 Å². The van der Waals surface area contributed by atoms with Crippen molar-refractivity contribution in [1.82, 2.24) is 0 Å². The van der Waals surface area contributed by atoms with Crippen molar-refractivity contribution in [3.05, 3.63) is 205 Å². The van der Waals surface area contributed by atoms with Crippen molar-refractivity contribution >= 4 is 118 Å². The van der Waals surface area contributed by atoms with E-state index in [1.54, 1.807) is 0 Å². The Labute approximate surface area is 393 Å². The van der Waals surface area contributed by atoms with Crippen LogP contribution in [0, 0.1) is 0 Å². The van der Waals surface area contributed by atoms with E-state index in [1.165, 1.54) is 151 Å². The first-order valence-corrected chi connectivity index (χ1v) is 24.7. The smallest absolute Gasteiger partial charge is 0.0440 e. The Balaban J connectivity index is 1.06. The highest BCUT2D eigenvalue weighted by Gasteiger charge is 2.25. The first-order chi connectivity index (χ1) is 32.9. The lowest BCUT2D eigenvalue weighted by molar-refractivity contribution is 0.876. The van der Waals surface area contributed by atoms with E-state index >= 15 is 0 Å². The van der Waals surface area contributed by atoms with Crippen molar-refractivity contribution in [2.75, 3.05) is 0 Å². The molecule has 0 radical (unpaired) electrons. The molecule has 1 aromatic heterocycles. The van der Waals surface area contributed by atoms with Gasteiger partial charge in [-0.15, -0.1) is 11.3 Å². The van der Waals surface area contributed by atoms with Crippen molar-refractivity contribution in [3.63, 3.8) is 0 Å². The Bertz CT molecular complexity index is 4280. The largest absolute Gasteiger partial charge is 0.135 e. The lowest BCUT2D eigenvalue weighted by Crippen LogP contribution is -1.99. The molecule has 0 N–H and O–H groups in total. The summed E-state index contributed by atoms with van der Waals surface area (Å²) in [5, 5.41) is 23.9. The van der Waals surface area contributed by atoms with Gasteiger partial charge in [0.1, 0.15) is 0 Å². The average molecular weight is 871 g/mol. The molecule has 0 aliphatic heterocycles. The molecule has 316 valence electrons. The predicted octanol–water partition coefficient (Wildman–Crippen LogP) is 20.0. The number of hydrogen-bond donors (Lipinski definition) is 0. The van der Waals surface area contributed by atoms with Crippen molar-refractivity contribution in [3.8, 4) is 33.4 Å². The zero-order chi connectivity index (χ0) is 44.7. The molecular weight excluding hydrogens is 825 g/mol. The minimum Gasteiger partial charge on any atom is -0.135 e. The zero-order valence-electron chi connectivity index (χ0n) is 38.0. The van der Waals surface area contributed by atoms with Crippen LogP contribution in [-0.2, 0) is 0 Å². The van der Waals surface area contributed by atoms with Crippen molar-refractivity contribution in [2.45, 2.75) is 39.5 Å². The Kier molecular flexibility index (Phi) is 8.34. The van der Waals surface area contributed by atoms with E-state index in [1.807, 2.05) is 11.3 Å². The minimum absolute atomic E-state index is 0.328. The van der Waals surface area contributed by atoms with Gasteiger partial charge < -0.3 is 0 Å². The SMILES string of the molecule is CC(C)c1cc(-c2ccc3sc4c(ccc5c6ccccc6c6ccccc6c54)c3c2)c2ccc3c(C(C)C)cc(-c4c5ccccc5c(-c5ccccc5)c5ccccc45)c4ccc1c2c43. The molecule has 0 atom stereocenters. The third kappa shape index (κ3) is 5.47. The maximum atomic E-state index is 2.54. The van der Waals surface area contributed by atoms with Gasteiger partial charge in [-0.25, -0.2) is 0 Å². The van der Waals surface area contributed by atoms with Crippen molar-refractivity contribution in [2.24, 2.45) is 0 Å². The van der Waals surface area contributed by atoms with Crippen LogP contribution in [0.4, 0.5) is 0 Å². The second-order valence-corrected chi connectivity index (χ2v) is 20.4. The molecule has 0 unspecified atom stereocenters. The molecule has 0 aliphatic rings. The fourth-order valence-corrected chi connectivity index (χ4v) is 13.4. The first kappa shape index (κ1) is 38.7. The lowest BCUT2D eigenvalue weighted by atomic mass is 9.79. The molecule has 14 aromatic rings. The third-order valence-corrected chi connectivity index (χ3v) is 16.3. The molecule has 1 heterocycles. The zero-order valence-corrected chi connectivity index (χ0v) is 38.9. The van der Waals surface area contributed by atoms with Gasteiger partial charge in [-0.2, -0.15) is 0 Å². The Hall–Kier alpha value is -7.58. The van der Waals surface area contributed by atoms with Gasteiger partial charge in [-0.05, 0) is 161 Å². The van der Waals surface area contributed by atoms with Gasteiger partial charge in [-0.1, -0.05) is 198 Å². The summed E-state index contributed by atoms with van der Waals surface area (Å²) < 4.78 is 2.70. The van der Waals surface area contributed by atoms with Crippen LogP contribution in [0.3, 0.4) is 0 Å². The van der Waals surface area contributed by atoms with Crippen LogP contribution in [0.2, 0.25) is 0 Å². The molecule has 67 heavy (non-hydrogen) atoms. The molecule has 0 amide bonds. The number of benzene rings is 13. The summed E-state index contributed by atoms with van der Waals surface area (Å²) in [5.41, 5.74) is 10.6. The molecule has 1 heteroatoms. The van der Waals surface area contributed by atoms with E-state index in [4.69, 9.17) is 0 Å². The molecule has 0 spiro atoms. The van der Waals surface area contributed by atoms with Crippen LogP contribution >= 0.6 is 11.3 Å². The Morgan fingerprint density at radius 3 is 1.30 bits per heavy atom. The molecule has 14 rings (SSSR count). The number of fused-ring (bicyclic) bond motifs is 12. The maximum Gasteiger partial charge on any atom is 0.0440 e. The minimum atomic E-state index is 0.328. The summed E-state index contributed by atoms with van der Waals surface area (Å²) in [6, 6.07) is 73.9. The van der Waals surface area contributed by atoms with Crippen LogP contribution in [0.1, 0.15) is 50.7 Å². The quantitative estimate of drug-likeness (QED) is 0.119. The average Bonchev–Trinajstić information content (AvgIpc) is 3.75. The topological polar surface area (TPSA) is 0 Å².